The van der Waals surface area contributed by atoms with Crippen LogP contribution in [-0.2, 0) is 11.3 Å². The van der Waals surface area contributed by atoms with E-state index in [9.17, 15) is 14.0 Å². The number of amides is 2. The third-order valence-corrected chi connectivity index (χ3v) is 7.71. The number of halogens is 1. The monoisotopic (exact) mass is 542 g/mol. The number of fused-ring (bicyclic) bond motifs is 1. The Labute approximate surface area is 233 Å². The van der Waals surface area contributed by atoms with E-state index in [4.69, 9.17) is 0 Å². The fourth-order valence-corrected chi connectivity index (χ4v) is 5.54. The normalized spacial score (nSPS) is 17.6. The SMILES string of the molecule is CCN(CC)C(=O)[C@@H]1CC[C@@H](NC(=O)c2ccc3[nH]nc(-c4ccnc(C)c4)c3c2)CN1Cc1ccccc1F. The van der Waals surface area contributed by atoms with Crippen molar-refractivity contribution in [3.8, 4) is 11.3 Å². The van der Waals surface area contributed by atoms with E-state index in [0.717, 1.165) is 27.9 Å². The van der Waals surface area contributed by atoms with Gasteiger partial charge in [0.25, 0.3) is 5.91 Å². The molecule has 1 saturated heterocycles. The smallest absolute Gasteiger partial charge is 0.251 e. The number of nitrogens with zero attached hydrogens (tertiary/aromatic N) is 4. The average Bonchev–Trinajstić information content (AvgIpc) is 3.38. The summed E-state index contributed by atoms with van der Waals surface area (Å²) in [6.07, 6.45) is 2.99. The summed E-state index contributed by atoms with van der Waals surface area (Å²) in [5.74, 6) is -0.434. The Kier molecular flexibility index (Phi) is 8.21. The minimum atomic E-state index is -0.360. The second-order valence-corrected chi connectivity index (χ2v) is 10.3. The van der Waals surface area contributed by atoms with Gasteiger partial charge in [-0.05, 0) is 70.0 Å². The van der Waals surface area contributed by atoms with Crippen LogP contribution < -0.4 is 5.32 Å². The summed E-state index contributed by atoms with van der Waals surface area (Å²) in [7, 11) is 0. The zero-order valence-electron chi connectivity index (χ0n) is 23.2. The van der Waals surface area contributed by atoms with Crippen molar-refractivity contribution in [2.75, 3.05) is 19.6 Å². The highest BCUT2D eigenvalue weighted by Crippen LogP contribution is 2.28. The van der Waals surface area contributed by atoms with Crippen molar-refractivity contribution in [1.29, 1.82) is 0 Å². The number of nitrogens with one attached hydrogen (secondary N) is 2. The van der Waals surface area contributed by atoms with Gasteiger partial charge in [0.1, 0.15) is 11.5 Å². The van der Waals surface area contributed by atoms with E-state index < -0.39 is 0 Å². The maximum absolute atomic E-state index is 14.6. The zero-order chi connectivity index (χ0) is 28.2. The summed E-state index contributed by atoms with van der Waals surface area (Å²) < 4.78 is 14.6. The van der Waals surface area contributed by atoms with E-state index in [0.29, 0.717) is 50.1 Å². The molecular weight excluding hydrogens is 507 g/mol. The predicted molar refractivity (Wildman–Crippen MR) is 153 cm³/mol. The minimum Gasteiger partial charge on any atom is -0.348 e. The molecule has 1 aliphatic heterocycles. The van der Waals surface area contributed by atoms with E-state index in [1.807, 2.05) is 54.8 Å². The third-order valence-electron chi connectivity index (χ3n) is 7.71. The standard InChI is InChI=1S/C31H35FN6O2/c1-4-37(5-2)31(40)28-13-11-24(19-38(28)18-23-8-6-7-9-26(23)32)34-30(39)22-10-12-27-25(17-22)29(36-35-27)21-14-15-33-20(3)16-21/h6-10,12,14-17,24,28H,4-5,11,13,18-19H2,1-3H3,(H,34,39)(H,35,36)/t24-,28+/m1/s1. The van der Waals surface area contributed by atoms with Gasteiger partial charge in [-0.3, -0.25) is 24.6 Å². The lowest BCUT2D eigenvalue weighted by molar-refractivity contribution is -0.138. The molecule has 4 aromatic rings. The number of aryl methyl sites for hydroxylation is 1. The molecule has 40 heavy (non-hydrogen) atoms. The summed E-state index contributed by atoms with van der Waals surface area (Å²) in [5.41, 5.74) is 4.49. The number of pyridine rings is 1. The molecule has 9 heteroatoms. The molecule has 0 aliphatic carbocycles. The van der Waals surface area contributed by atoms with E-state index in [1.165, 1.54) is 6.07 Å². The topological polar surface area (TPSA) is 94.2 Å². The Balaban J connectivity index is 1.35. The second kappa shape index (κ2) is 12.0. The Morgan fingerprint density at radius 1 is 1.10 bits per heavy atom. The number of carbonyl (C=O) groups is 2. The van der Waals surface area contributed by atoms with Crippen molar-refractivity contribution >= 4 is 22.7 Å². The van der Waals surface area contributed by atoms with Crippen LogP contribution in [0.25, 0.3) is 22.2 Å². The lowest BCUT2D eigenvalue weighted by Crippen LogP contribution is -2.56. The molecular formula is C31H35FN6O2. The highest BCUT2D eigenvalue weighted by molar-refractivity contribution is 6.01. The summed E-state index contributed by atoms with van der Waals surface area (Å²) in [6, 6.07) is 15.5. The molecule has 1 fully saturated rings. The summed E-state index contributed by atoms with van der Waals surface area (Å²) in [6.45, 7) is 7.85. The van der Waals surface area contributed by atoms with Crippen molar-refractivity contribution in [3.05, 3.63) is 83.4 Å². The molecule has 208 valence electrons. The fourth-order valence-electron chi connectivity index (χ4n) is 5.54. The summed E-state index contributed by atoms with van der Waals surface area (Å²) >= 11 is 0. The van der Waals surface area contributed by atoms with E-state index in [-0.39, 0.29) is 29.7 Å². The lowest BCUT2D eigenvalue weighted by Gasteiger charge is -2.41. The average molecular weight is 543 g/mol. The second-order valence-electron chi connectivity index (χ2n) is 10.3. The van der Waals surface area contributed by atoms with Crippen LogP contribution in [-0.4, -0.2) is 68.5 Å². The number of piperidine rings is 1. The molecule has 0 saturated carbocycles. The van der Waals surface area contributed by atoms with Crippen LogP contribution in [0.3, 0.4) is 0 Å². The van der Waals surface area contributed by atoms with E-state index in [1.54, 1.807) is 30.5 Å². The molecule has 2 N–H and O–H groups in total. The highest BCUT2D eigenvalue weighted by atomic mass is 19.1. The van der Waals surface area contributed by atoms with Crippen LogP contribution in [0, 0.1) is 12.7 Å². The number of carbonyl (C=O) groups excluding carboxylic acids is 2. The number of likely N-dealkylation sites (N-methyl/N-ethyl adjacent to an activating group) is 1. The van der Waals surface area contributed by atoms with Crippen LogP contribution in [0.5, 0.6) is 0 Å². The fraction of sp³-hybridized carbons (Fsp3) is 0.355. The molecule has 0 spiro atoms. The molecule has 0 radical (unpaired) electrons. The predicted octanol–water partition coefficient (Wildman–Crippen LogP) is 4.70. The van der Waals surface area contributed by atoms with Gasteiger partial charge in [0.15, 0.2) is 0 Å². The van der Waals surface area contributed by atoms with Crippen LogP contribution in [0.15, 0.2) is 60.8 Å². The molecule has 3 heterocycles. The Morgan fingerprint density at radius 3 is 2.65 bits per heavy atom. The first-order chi connectivity index (χ1) is 19.4. The van der Waals surface area contributed by atoms with Crippen LogP contribution in [0.4, 0.5) is 4.39 Å². The van der Waals surface area contributed by atoms with Crippen molar-refractivity contribution in [1.82, 2.24) is 30.3 Å². The first-order valence-electron chi connectivity index (χ1n) is 13.9. The number of hydrogen-bond acceptors (Lipinski definition) is 5. The van der Waals surface area contributed by atoms with Gasteiger partial charge in [0.2, 0.25) is 5.91 Å². The number of aromatic amines is 1. The maximum atomic E-state index is 14.6. The van der Waals surface area contributed by atoms with Crippen LogP contribution in [0.1, 0.15) is 48.3 Å². The summed E-state index contributed by atoms with van der Waals surface area (Å²) in [5, 5.41) is 11.5. The maximum Gasteiger partial charge on any atom is 0.251 e. The minimum absolute atomic E-state index is 0.0513. The van der Waals surface area contributed by atoms with Crippen LogP contribution >= 0.6 is 0 Å². The van der Waals surface area contributed by atoms with Gasteiger partial charge in [-0.1, -0.05) is 18.2 Å². The molecule has 2 aromatic carbocycles. The zero-order valence-corrected chi connectivity index (χ0v) is 23.2. The number of likely N-dealkylation sites (tertiary alicyclic amines) is 1. The van der Waals surface area contributed by atoms with Gasteiger partial charge in [-0.2, -0.15) is 5.10 Å². The molecule has 2 amide bonds. The first kappa shape index (κ1) is 27.5. The lowest BCUT2D eigenvalue weighted by atomic mass is 9.95. The first-order valence-corrected chi connectivity index (χ1v) is 13.9. The van der Waals surface area contributed by atoms with Gasteiger partial charge < -0.3 is 10.2 Å². The van der Waals surface area contributed by atoms with Gasteiger partial charge >= 0.3 is 0 Å². The van der Waals surface area contributed by atoms with Gasteiger partial charge in [0, 0.05) is 66.2 Å². The van der Waals surface area contributed by atoms with E-state index in [2.05, 4.69) is 20.5 Å². The largest absolute Gasteiger partial charge is 0.348 e. The van der Waals surface area contributed by atoms with Crippen molar-refractivity contribution in [2.24, 2.45) is 0 Å². The van der Waals surface area contributed by atoms with Gasteiger partial charge in [-0.15, -0.1) is 0 Å². The molecule has 5 rings (SSSR count). The number of benzene rings is 2. The number of H-pyrrole nitrogens is 1. The molecule has 1 aliphatic rings. The summed E-state index contributed by atoms with van der Waals surface area (Å²) in [4.78, 5) is 34.9. The Bertz CT molecular complexity index is 1510. The Morgan fingerprint density at radius 2 is 1.90 bits per heavy atom. The van der Waals surface area contributed by atoms with Crippen molar-refractivity contribution in [2.45, 2.75) is 52.2 Å². The van der Waals surface area contributed by atoms with Gasteiger partial charge in [0.05, 0.1) is 11.6 Å². The molecule has 2 aromatic heterocycles. The number of rotatable bonds is 8. The number of aromatic nitrogens is 3. The highest BCUT2D eigenvalue weighted by Gasteiger charge is 2.35. The van der Waals surface area contributed by atoms with Crippen LogP contribution in [0.2, 0.25) is 0 Å². The molecule has 2 atom stereocenters. The number of hydrogen-bond donors (Lipinski definition) is 2. The van der Waals surface area contributed by atoms with Crippen molar-refractivity contribution in [3.63, 3.8) is 0 Å². The Hall–Kier alpha value is -4.11. The molecule has 0 bridgehead atoms. The third kappa shape index (κ3) is 5.74. The van der Waals surface area contributed by atoms with Crippen molar-refractivity contribution < 1.29 is 14.0 Å². The quantitative estimate of drug-likeness (QED) is 0.337. The van der Waals surface area contributed by atoms with E-state index >= 15 is 0 Å². The van der Waals surface area contributed by atoms with Gasteiger partial charge in [-0.25, -0.2) is 4.39 Å². The molecule has 0 unspecified atom stereocenters. The molecule has 8 nitrogen and oxygen atoms in total.